The van der Waals surface area contributed by atoms with E-state index < -0.39 is 11.6 Å². The van der Waals surface area contributed by atoms with Gasteiger partial charge in [-0.05, 0) is 42.3 Å². The summed E-state index contributed by atoms with van der Waals surface area (Å²) in [6.07, 6.45) is 0.443. The van der Waals surface area contributed by atoms with Crippen LogP contribution >= 0.6 is 27.5 Å². The minimum Gasteiger partial charge on any atom is -0.383 e. The molecular formula is C16H17BrClNO. The Balaban J connectivity index is 2.37. The summed E-state index contributed by atoms with van der Waals surface area (Å²) in [6.45, 7) is 1.82. The van der Waals surface area contributed by atoms with Gasteiger partial charge in [0.2, 0.25) is 0 Å². The lowest BCUT2D eigenvalue weighted by atomic mass is 9.82. The van der Waals surface area contributed by atoms with E-state index in [-0.39, 0.29) is 0 Å². The van der Waals surface area contributed by atoms with Crippen molar-refractivity contribution in [2.45, 2.75) is 25.0 Å². The number of aliphatic hydroxyl groups is 1. The molecule has 4 heteroatoms. The van der Waals surface area contributed by atoms with E-state index in [9.17, 15) is 5.11 Å². The van der Waals surface area contributed by atoms with Crippen molar-refractivity contribution in [3.8, 4) is 0 Å². The van der Waals surface area contributed by atoms with E-state index >= 15 is 0 Å². The van der Waals surface area contributed by atoms with E-state index in [1.54, 1.807) is 0 Å². The predicted octanol–water partition coefficient (Wildman–Crippen LogP) is 3.88. The van der Waals surface area contributed by atoms with Gasteiger partial charge in [0.15, 0.2) is 0 Å². The summed E-state index contributed by atoms with van der Waals surface area (Å²) in [4.78, 5) is 0. The summed E-state index contributed by atoms with van der Waals surface area (Å²) in [7, 11) is 0. The zero-order valence-electron chi connectivity index (χ0n) is 11.2. The Morgan fingerprint density at radius 1 is 1.25 bits per heavy atom. The molecule has 2 aromatic rings. The zero-order valence-corrected chi connectivity index (χ0v) is 13.5. The summed E-state index contributed by atoms with van der Waals surface area (Å²) in [5.74, 6) is 0. The maximum atomic E-state index is 11.0. The average molecular weight is 355 g/mol. The maximum absolute atomic E-state index is 11.0. The van der Waals surface area contributed by atoms with E-state index in [1.807, 2.05) is 55.5 Å². The smallest absolute Gasteiger partial charge is 0.108 e. The molecule has 2 nitrogen and oxygen atoms in total. The number of nitrogens with two attached hydrogens (primary N) is 1. The Morgan fingerprint density at radius 3 is 2.45 bits per heavy atom. The summed E-state index contributed by atoms with van der Waals surface area (Å²) in [5, 5.41) is 11.7. The molecule has 0 radical (unpaired) electrons. The van der Waals surface area contributed by atoms with Crippen molar-refractivity contribution in [2.24, 2.45) is 5.73 Å². The molecule has 0 bridgehead atoms. The van der Waals surface area contributed by atoms with E-state index in [0.717, 1.165) is 15.6 Å². The zero-order chi connectivity index (χ0) is 14.8. The average Bonchev–Trinajstić information content (AvgIpc) is 2.41. The summed E-state index contributed by atoms with van der Waals surface area (Å²) in [6, 6.07) is 14.7. The van der Waals surface area contributed by atoms with E-state index in [0.29, 0.717) is 11.4 Å². The maximum Gasteiger partial charge on any atom is 0.108 e. The molecule has 2 atom stereocenters. The highest BCUT2D eigenvalue weighted by Gasteiger charge is 2.34. The number of hydrogen-bond acceptors (Lipinski definition) is 2. The molecule has 0 saturated carbocycles. The van der Waals surface area contributed by atoms with Crippen LogP contribution < -0.4 is 5.73 Å². The number of halogens is 2. The third kappa shape index (κ3) is 3.41. The van der Waals surface area contributed by atoms with Gasteiger partial charge in [-0.1, -0.05) is 51.8 Å². The SMILES string of the molecule is C[C@H](N)C(O)(Cc1ccc(Cl)cc1)c1cccc(Br)c1. The fraction of sp³-hybridized carbons (Fsp3) is 0.250. The second-order valence-electron chi connectivity index (χ2n) is 5.03. The van der Waals surface area contributed by atoms with Crippen molar-refractivity contribution >= 4 is 27.5 Å². The number of rotatable bonds is 4. The molecule has 0 amide bonds. The third-order valence-corrected chi connectivity index (χ3v) is 4.21. The summed E-state index contributed by atoms with van der Waals surface area (Å²) in [5.41, 5.74) is 6.72. The van der Waals surface area contributed by atoms with Gasteiger partial charge < -0.3 is 10.8 Å². The molecule has 0 aliphatic carbocycles. The molecule has 0 aliphatic heterocycles. The first-order valence-electron chi connectivity index (χ1n) is 6.40. The highest BCUT2D eigenvalue weighted by Crippen LogP contribution is 2.30. The van der Waals surface area contributed by atoms with E-state index in [4.69, 9.17) is 17.3 Å². The molecule has 0 fully saturated rings. The Bertz CT molecular complexity index is 585. The lowest BCUT2D eigenvalue weighted by Crippen LogP contribution is -2.45. The summed E-state index contributed by atoms with van der Waals surface area (Å²) >= 11 is 9.32. The van der Waals surface area contributed by atoms with Crippen LogP contribution in [0, 0.1) is 0 Å². The lowest BCUT2D eigenvalue weighted by molar-refractivity contribution is 0.0152. The van der Waals surface area contributed by atoms with Gasteiger partial charge in [0.1, 0.15) is 5.60 Å². The van der Waals surface area contributed by atoms with Crippen LogP contribution in [0.25, 0.3) is 0 Å². The van der Waals surface area contributed by atoms with Gasteiger partial charge in [-0.15, -0.1) is 0 Å². The summed E-state index contributed by atoms with van der Waals surface area (Å²) < 4.78 is 0.921. The van der Waals surface area contributed by atoms with E-state index in [1.165, 1.54) is 0 Å². The van der Waals surface area contributed by atoms with Crippen molar-refractivity contribution in [3.63, 3.8) is 0 Å². The van der Waals surface area contributed by atoms with Gasteiger partial charge in [0, 0.05) is 22.0 Å². The molecule has 20 heavy (non-hydrogen) atoms. The molecule has 0 saturated heterocycles. The van der Waals surface area contributed by atoms with Crippen LogP contribution in [0.4, 0.5) is 0 Å². The Kier molecular flexibility index (Phi) is 4.86. The number of hydrogen-bond donors (Lipinski definition) is 2. The highest BCUT2D eigenvalue weighted by atomic mass is 79.9. The van der Waals surface area contributed by atoms with Gasteiger partial charge in [0.05, 0.1) is 0 Å². The molecule has 0 heterocycles. The van der Waals surface area contributed by atoms with Crippen LogP contribution in [0.3, 0.4) is 0 Å². The third-order valence-electron chi connectivity index (χ3n) is 3.46. The molecule has 3 N–H and O–H groups in total. The van der Waals surface area contributed by atoms with E-state index in [2.05, 4.69) is 15.9 Å². The lowest BCUT2D eigenvalue weighted by Gasteiger charge is -2.33. The first kappa shape index (κ1) is 15.5. The van der Waals surface area contributed by atoms with Crippen LogP contribution in [-0.4, -0.2) is 11.1 Å². The first-order chi connectivity index (χ1) is 9.41. The van der Waals surface area contributed by atoms with Crippen LogP contribution in [0.5, 0.6) is 0 Å². The second kappa shape index (κ2) is 6.27. The van der Waals surface area contributed by atoms with Gasteiger partial charge in [0.25, 0.3) is 0 Å². The molecule has 2 aromatic carbocycles. The normalized spacial score (nSPS) is 15.7. The monoisotopic (exact) mass is 353 g/mol. The predicted molar refractivity (Wildman–Crippen MR) is 86.8 cm³/mol. The molecular weight excluding hydrogens is 338 g/mol. The Labute approximate surface area is 132 Å². The second-order valence-corrected chi connectivity index (χ2v) is 6.38. The molecule has 0 spiro atoms. The molecule has 2 rings (SSSR count). The van der Waals surface area contributed by atoms with Crippen molar-refractivity contribution < 1.29 is 5.11 Å². The van der Waals surface area contributed by atoms with Gasteiger partial charge in [-0.3, -0.25) is 0 Å². The fourth-order valence-electron chi connectivity index (χ4n) is 2.20. The molecule has 0 aromatic heterocycles. The standard InChI is InChI=1S/C16H17BrClNO/c1-11(19)16(20,13-3-2-4-14(17)9-13)10-12-5-7-15(18)8-6-12/h2-9,11,20H,10,19H2,1H3/t11-,16?/m0/s1. The van der Waals surface area contributed by atoms with Crippen molar-refractivity contribution in [1.29, 1.82) is 0 Å². The van der Waals surface area contributed by atoms with Crippen molar-refractivity contribution in [3.05, 3.63) is 69.2 Å². The minimum atomic E-state index is -1.11. The van der Waals surface area contributed by atoms with Gasteiger partial charge in [-0.2, -0.15) is 0 Å². The number of benzene rings is 2. The fourth-order valence-corrected chi connectivity index (χ4v) is 2.72. The van der Waals surface area contributed by atoms with Crippen LogP contribution in [0.2, 0.25) is 5.02 Å². The van der Waals surface area contributed by atoms with Gasteiger partial charge in [-0.25, -0.2) is 0 Å². The topological polar surface area (TPSA) is 46.2 Å². The minimum absolute atomic E-state index is 0.396. The van der Waals surface area contributed by atoms with Gasteiger partial charge >= 0.3 is 0 Å². The van der Waals surface area contributed by atoms with Crippen molar-refractivity contribution in [2.75, 3.05) is 0 Å². The van der Waals surface area contributed by atoms with Crippen LogP contribution in [0.1, 0.15) is 18.1 Å². The largest absolute Gasteiger partial charge is 0.383 e. The first-order valence-corrected chi connectivity index (χ1v) is 7.57. The molecule has 106 valence electrons. The Morgan fingerprint density at radius 2 is 1.90 bits per heavy atom. The molecule has 0 aliphatic rings. The van der Waals surface area contributed by atoms with Crippen LogP contribution in [0.15, 0.2) is 53.0 Å². The Hall–Kier alpha value is -0.870. The van der Waals surface area contributed by atoms with Crippen LogP contribution in [-0.2, 0) is 12.0 Å². The van der Waals surface area contributed by atoms with Crippen molar-refractivity contribution in [1.82, 2.24) is 0 Å². The quantitative estimate of drug-likeness (QED) is 0.875. The molecule has 1 unspecified atom stereocenters. The highest BCUT2D eigenvalue weighted by molar-refractivity contribution is 9.10.